The van der Waals surface area contributed by atoms with E-state index in [0.29, 0.717) is 6.54 Å². The number of hydrogen-bond acceptors (Lipinski definition) is 4. The minimum Gasteiger partial charge on any atom is -0.388 e. The molecule has 0 aliphatic rings. The summed E-state index contributed by atoms with van der Waals surface area (Å²) in [5.74, 6) is 0.722. The summed E-state index contributed by atoms with van der Waals surface area (Å²) in [7, 11) is 0. The molecule has 1 aromatic heterocycles. The maximum Gasteiger partial charge on any atom is 0.144 e. The van der Waals surface area contributed by atoms with Gasteiger partial charge in [0.25, 0.3) is 0 Å². The lowest BCUT2D eigenvalue weighted by Crippen LogP contribution is -2.33. The van der Waals surface area contributed by atoms with E-state index in [1.54, 1.807) is 6.20 Å². The number of aromatic nitrogens is 2. The van der Waals surface area contributed by atoms with Gasteiger partial charge in [-0.05, 0) is 27.2 Å². The van der Waals surface area contributed by atoms with Gasteiger partial charge in [-0.1, -0.05) is 13.3 Å². The van der Waals surface area contributed by atoms with Crippen molar-refractivity contribution < 1.29 is 5.11 Å². The second-order valence-corrected chi connectivity index (χ2v) is 4.53. The molecule has 1 unspecified atom stereocenters. The number of rotatable bonds is 5. The lowest BCUT2D eigenvalue weighted by atomic mass is 10.0. The number of anilines is 1. The van der Waals surface area contributed by atoms with Crippen molar-refractivity contribution >= 4 is 5.82 Å². The molecule has 0 amide bonds. The standard InChI is InChI=1S/C12H21N3O/c1-5-6-12(4,16)8-14-11-7-13-9(2)10(3)15-11/h7,16H,5-6,8H2,1-4H3,(H,14,15). The molecule has 0 aliphatic heterocycles. The molecular weight excluding hydrogens is 202 g/mol. The second kappa shape index (κ2) is 5.25. The first kappa shape index (κ1) is 12.9. The van der Waals surface area contributed by atoms with E-state index in [9.17, 15) is 5.11 Å². The SMILES string of the molecule is CCCC(C)(O)CNc1cnc(C)c(C)n1. The number of nitrogens with one attached hydrogen (secondary N) is 1. The molecule has 4 nitrogen and oxygen atoms in total. The summed E-state index contributed by atoms with van der Waals surface area (Å²) in [5.41, 5.74) is 1.17. The van der Waals surface area contributed by atoms with Gasteiger partial charge in [-0.25, -0.2) is 4.98 Å². The van der Waals surface area contributed by atoms with Crippen LogP contribution in [0.1, 0.15) is 38.1 Å². The first-order chi connectivity index (χ1) is 7.44. The number of nitrogens with zero attached hydrogens (tertiary/aromatic N) is 2. The summed E-state index contributed by atoms with van der Waals surface area (Å²) in [6.45, 7) is 8.25. The lowest BCUT2D eigenvalue weighted by molar-refractivity contribution is 0.0636. The molecule has 1 heterocycles. The minimum atomic E-state index is -0.685. The molecule has 0 saturated heterocycles. The Kier molecular flexibility index (Phi) is 4.24. The van der Waals surface area contributed by atoms with Crippen molar-refractivity contribution in [3.05, 3.63) is 17.6 Å². The lowest BCUT2D eigenvalue weighted by Gasteiger charge is -2.23. The zero-order chi connectivity index (χ0) is 12.2. The molecule has 0 fully saturated rings. The van der Waals surface area contributed by atoms with Crippen LogP contribution in [0.4, 0.5) is 5.82 Å². The Morgan fingerprint density at radius 1 is 1.38 bits per heavy atom. The van der Waals surface area contributed by atoms with Crippen molar-refractivity contribution in [3.63, 3.8) is 0 Å². The van der Waals surface area contributed by atoms with E-state index < -0.39 is 5.60 Å². The highest BCUT2D eigenvalue weighted by atomic mass is 16.3. The monoisotopic (exact) mass is 223 g/mol. The first-order valence-corrected chi connectivity index (χ1v) is 5.71. The topological polar surface area (TPSA) is 58.0 Å². The van der Waals surface area contributed by atoms with Crippen LogP contribution in [-0.2, 0) is 0 Å². The Bertz CT molecular complexity index is 350. The van der Waals surface area contributed by atoms with E-state index in [1.807, 2.05) is 20.8 Å². The largest absolute Gasteiger partial charge is 0.388 e. The van der Waals surface area contributed by atoms with E-state index in [2.05, 4.69) is 22.2 Å². The fraction of sp³-hybridized carbons (Fsp3) is 0.667. The maximum absolute atomic E-state index is 9.99. The molecule has 0 spiro atoms. The number of hydrogen-bond donors (Lipinski definition) is 2. The predicted molar refractivity (Wildman–Crippen MR) is 65.5 cm³/mol. The Hall–Kier alpha value is -1.16. The zero-order valence-corrected chi connectivity index (χ0v) is 10.5. The fourth-order valence-corrected chi connectivity index (χ4v) is 1.53. The van der Waals surface area contributed by atoms with Crippen molar-refractivity contribution in [2.24, 2.45) is 0 Å². The van der Waals surface area contributed by atoms with Gasteiger partial charge in [-0.3, -0.25) is 4.98 Å². The van der Waals surface area contributed by atoms with Crippen LogP contribution in [0.5, 0.6) is 0 Å². The van der Waals surface area contributed by atoms with Crippen LogP contribution in [0.2, 0.25) is 0 Å². The summed E-state index contributed by atoms with van der Waals surface area (Å²) in [5, 5.41) is 13.1. The van der Waals surface area contributed by atoms with E-state index in [4.69, 9.17) is 0 Å². The molecule has 16 heavy (non-hydrogen) atoms. The quantitative estimate of drug-likeness (QED) is 0.802. The molecule has 1 aromatic rings. The third kappa shape index (κ3) is 3.77. The van der Waals surface area contributed by atoms with Crippen LogP contribution in [0.15, 0.2) is 6.20 Å². The van der Waals surface area contributed by atoms with Crippen LogP contribution in [-0.4, -0.2) is 27.2 Å². The maximum atomic E-state index is 9.99. The third-order valence-electron chi connectivity index (χ3n) is 2.63. The van der Waals surface area contributed by atoms with Crippen LogP contribution in [0.3, 0.4) is 0 Å². The van der Waals surface area contributed by atoms with Crippen molar-refractivity contribution in [3.8, 4) is 0 Å². The van der Waals surface area contributed by atoms with E-state index in [-0.39, 0.29) is 0 Å². The van der Waals surface area contributed by atoms with Crippen molar-refractivity contribution in [1.82, 2.24) is 9.97 Å². The highest BCUT2D eigenvalue weighted by Crippen LogP contribution is 2.13. The van der Waals surface area contributed by atoms with Crippen molar-refractivity contribution in [2.75, 3.05) is 11.9 Å². The molecule has 0 radical (unpaired) electrons. The van der Waals surface area contributed by atoms with Gasteiger partial charge in [0.15, 0.2) is 0 Å². The number of aliphatic hydroxyl groups is 1. The summed E-state index contributed by atoms with van der Waals surface area (Å²) < 4.78 is 0. The van der Waals surface area contributed by atoms with Crippen LogP contribution in [0.25, 0.3) is 0 Å². The van der Waals surface area contributed by atoms with Gasteiger partial charge in [0.2, 0.25) is 0 Å². The highest BCUT2D eigenvalue weighted by molar-refractivity contribution is 5.33. The van der Waals surface area contributed by atoms with Gasteiger partial charge < -0.3 is 10.4 Å². The summed E-state index contributed by atoms with van der Waals surface area (Å²) in [6, 6.07) is 0. The van der Waals surface area contributed by atoms with Gasteiger partial charge in [0.05, 0.1) is 23.2 Å². The molecule has 0 aliphatic carbocycles. The van der Waals surface area contributed by atoms with Gasteiger partial charge in [-0.15, -0.1) is 0 Å². The normalized spacial score (nSPS) is 14.6. The van der Waals surface area contributed by atoms with Gasteiger partial charge in [0, 0.05) is 6.54 Å². The Morgan fingerprint density at radius 2 is 2.06 bits per heavy atom. The van der Waals surface area contributed by atoms with Crippen LogP contribution >= 0.6 is 0 Å². The second-order valence-electron chi connectivity index (χ2n) is 4.53. The summed E-state index contributed by atoms with van der Waals surface area (Å²) in [4.78, 5) is 8.57. The van der Waals surface area contributed by atoms with E-state index in [0.717, 1.165) is 30.0 Å². The molecule has 90 valence electrons. The first-order valence-electron chi connectivity index (χ1n) is 5.71. The molecule has 2 N–H and O–H groups in total. The molecular formula is C12H21N3O. The molecule has 1 rings (SSSR count). The van der Waals surface area contributed by atoms with Gasteiger partial charge >= 0.3 is 0 Å². The van der Waals surface area contributed by atoms with Crippen LogP contribution in [0, 0.1) is 13.8 Å². The Morgan fingerprint density at radius 3 is 2.62 bits per heavy atom. The van der Waals surface area contributed by atoms with Gasteiger partial charge in [0.1, 0.15) is 5.82 Å². The van der Waals surface area contributed by atoms with E-state index in [1.165, 1.54) is 0 Å². The van der Waals surface area contributed by atoms with Crippen molar-refractivity contribution in [1.29, 1.82) is 0 Å². The average Bonchev–Trinajstić information content (AvgIpc) is 2.20. The summed E-state index contributed by atoms with van der Waals surface area (Å²) >= 11 is 0. The average molecular weight is 223 g/mol. The predicted octanol–water partition coefficient (Wildman–Crippen LogP) is 2.06. The third-order valence-corrected chi connectivity index (χ3v) is 2.63. The zero-order valence-electron chi connectivity index (χ0n) is 10.5. The van der Waals surface area contributed by atoms with Crippen molar-refractivity contribution in [2.45, 2.75) is 46.1 Å². The Balaban J connectivity index is 2.57. The minimum absolute atomic E-state index is 0.498. The van der Waals surface area contributed by atoms with E-state index >= 15 is 0 Å². The molecule has 0 aromatic carbocycles. The van der Waals surface area contributed by atoms with Gasteiger partial charge in [-0.2, -0.15) is 0 Å². The molecule has 0 bridgehead atoms. The molecule has 1 atom stereocenters. The summed E-state index contributed by atoms with van der Waals surface area (Å²) in [6.07, 6.45) is 3.44. The smallest absolute Gasteiger partial charge is 0.144 e. The molecule has 4 heteroatoms. The fourth-order valence-electron chi connectivity index (χ4n) is 1.53. The van der Waals surface area contributed by atoms with Crippen LogP contribution < -0.4 is 5.32 Å². The molecule has 0 saturated carbocycles. The number of aryl methyl sites for hydroxylation is 2. The highest BCUT2D eigenvalue weighted by Gasteiger charge is 2.18. The Labute approximate surface area is 97.1 Å².